The Kier molecular flexibility index (Phi) is 6.00. The molecule has 1 saturated heterocycles. The number of nitrogens with zero attached hydrogens (tertiary/aromatic N) is 3. The van der Waals surface area contributed by atoms with Gasteiger partial charge in [-0.15, -0.1) is 0 Å². The summed E-state index contributed by atoms with van der Waals surface area (Å²) in [6, 6.07) is 2.94. The number of hydrogen-bond donors (Lipinski definition) is 1. The molecular formula is C17H30N4. The van der Waals surface area contributed by atoms with Gasteiger partial charge in [0, 0.05) is 61.9 Å². The van der Waals surface area contributed by atoms with Crippen LogP contribution in [0.2, 0.25) is 0 Å². The molecule has 4 nitrogen and oxygen atoms in total. The number of aromatic nitrogens is 1. The molecule has 0 spiro atoms. The summed E-state index contributed by atoms with van der Waals surface area (Å²) in [4.78, 5) is 9.60. The minimum Gasteiger partial charge on any atom is -0.369 e. The molecule has 0 radical (unpaired) electrons. The first-order valence-electron chi connectivity index (χ1n) is 8.31. The number of anilines is 1. The van der Waals surface area contributed by atoms with Gasteiger partial charge in [-0.3, -0.25) is 9.88 Å². The molecule has 1 fully saturated rings. The Bertz CT molecular complexity index is 438. The normalized spacial score (nSPS) is 18.0. The van der Waals surface area contributed by atoms with E-state index in [0.717, 1.165) is 45.0 Å². The highest BCUT2D eigenvalue weighted by Gasteiger charge is 2.21. The highest BCUT2D eigenvalue weighted by molar-refractivity contribution is 5.54. The van der Waals surface area contributed by atoms with E-state index in [2.05, 4.69) is 53.9 Å². The topological polar surface area (TPSA) is 31.4 Å². The summed E-state index contributed by atoms with van der Waals surface area (Å²) in [7, 11) is 0. The molecule has 0 saturated carbocycles. The Balaban J connectivity index is 2.06. The molecule has 2 rings (SSSR count). The molecule has 0 bridgehead atoms. The molecule has 0 amide bonds. The van der Waals surface area contributed by atoms with Crippen molar-refractivity contribution in [2.75, 3.05) is 37.6 Å². The van der Waals surface area contributed by atoms with E-state index in [0.29, 0.717) is 6.04 Å². The van der Waals surface area contributed by atoms with Crippen LogP contribution >= 0.6 is 0 Å². The van der Waals surface area contributed by atoms with E-state index in [4.69, 9.17) is 0 Å². The zero-order valence-corrected chi connectivity index (χ0v) is 14.0. The van der Waals surface area contributed by atoms with Crippen LogP contribution in [-0.4, -0.2) is 48.6 Å². The minimum atomic E-state index is 0.701. The number of pyridine rings is 1. The SMILES string of the molecule is CCNCc1cnc(C)cc1N1CCN(C(C)CC)CC1. The van der Waals surface area contributed by atoms with E-state index in [1.165, 1.54) is 17.7 Å². The third-order valence-electron chi connectivity index (χ3n) is 4.53. The second kappa shape index (κ2) is 7.76. The van der Waals surface area contributed by atoms with Crippen molar-refractivity contribution in [1.82, 2.24) is 15.2 Å². The second-order valence-electron chi connectivity index (χ2n) is 6.02. The molecule has 1 aliphatic heterocycles. The van der Waals surface area contributed by atoms with Crippen LogP contribution in [-0.2, 0) is 6.54 Å². The molecule has 1 aliphatic rings. The predicted octanol–water partition coefficient (Wildman–Crippen LogP) is 2.42. The molecule has 21 heavy (non-hydrogen) atoms. The Labute approximate surface area is 129 Å². The van der Waals surface area contributed by atoms with Crippen molar-refractivity contribution in [3.05, 3.63) is 23.5 Å². The highest BCUT2D eigenvalue weighted by Crippen LogP contribution is 2.23. The van der Waals surface area contributed by atoms with Gasteiger partial charge in [0.05, 0.1) is 0 Å². The molecule has 1 unspecified atom stereocenters. The maximum absolute atomic E-state index is 4.47. The quantitative estimate of drug-likeness (QED) is 0.872. The van der Waals surface area contributed by atoms with Crippen molar-refractivity contribution in [1.29, 1.82) is 0 Å². The van der Waals surface area contributed by atoms with Gasteiger partial charge in [0.15, 0.2) is 0 Å². The summed E-state index contributed by atoms with van der Waals surface area (Å²) in [6.07, 6.45) is 3.27. The Hall–Kier alpha value is -1.13. The van der Waals surface area contributed by atoms with Crippen LogP contribution < -0.4 is 10.2 Å². The summed E-state index contributed by atoms with van der Waals surface area (Å²) in [5, 5.41) is 3.42. The van der Waals surface area contributed by atoms with Gasteiger partial charge in [-0.25, -0.2) is 0 Å². The van der Waals surface area contributed by atoms with Crippen LogP contribution in [0.25, 0.3) is 0 Å². The van der Waals surface area contributed by atoms with Crippen LogP contribution in [0.5, 0.6) is 0 Å². The first-order chi connectivity index (χ1) is 10.2. The van der Waals surface area contributed by atoms with Gasteiger partial charge >= 0.3 is 0 Å². The van der Waals surface area contributed by atoms with Crippen LogP contribution in [0, 0.1) is 6.92 Å². The minimum absolute atomic E-state index is 0.701. The zero-order valence-electron chi connectivity index (χ0n) is 14.0. The Morgan fingerprint density at radius 3 is 2.57 bits per heavy atom. The predicted molar refractivity (Wildman–Crippen MR) is 89.9 cm³/mol. The number of aryl methyl sites for hydroxylation is 1. The molecule has 0 aromatic carbocycles. The number of rotatable bonds is 6. The fourth-order valence-electron chi connectivity index (χ4n) is 2.93. The van der Waals surface area contributed by atoms with Crippen molar-refractivity contribution in [3.8, 4) is 0 Å². The van der Waals surface area contributed by atoms with Crippen LogP contribution in [0.3, 0.4) is 0 Å². The third-order valence-corrected chi connectivity index (χ3v) is 4.53. The van der Waals surface area contributed by atoms with Gasteiger partial charge in [0.2, 0.25) is 0 Å². The molecular weight excluding hydrogens is 260 g/mol. The van der Waals surface area contributed by atoms with Crippen molar-refractivity contribution < 1.29 is 0 Å². The first kappa shape index (κ1) is 16.2. The van der Waals surface area contributed by atoms with E-state index in [-0.39, 0.29) is 0 Å². The lowest BCUT2D eigenvalue weighted by atomic mass is 10.1. The van der Waals surface area contributed by atoms with Crippen molar-refractivity contribution >= 4 is 5.69 Å². The lowest BCUT2D eigenvalue weighted by Crippen LogP contribution is -2.49. The average molecular weight is 290 g/mol. The van der Waals surface area contributed by atoms with Gasteiger partial charge in [-0.2, -0.15) is 0 Å². The molecule has 1 aromatic heterocycles. The fourth-order valence-corrected chi connectivity index (χ4v) is 2.93. The molecule has 4 heteroatoms. The Morgan fingerprint density at radius 2 is 1.95 bits per heavy atom. The highest BCUT2D eigenvalue weighted by atomic mass is 15.3. The van der Waals surface area contributed by atoms with Crippen LogP contribution in [0.1, 0.15) is 38.4 Å². The van der Waals surface area contributed by atoms with E-state index >= 15 is 0 Å². The number of piperazine rings is 1. The molecule has 1 aromatic rings. The van der Waals surface area contributed by atoms with E-state index in [1.54, 1.807) is 0 Å². The first-order valence-corrected chi connectivity index (χ1v) is 8.31. The molecule has 118 valence electrons. The van der Waals surface area contributed by atoms with Gasteiger partial charge in [-0.05, 0) is 32.9 Å². The largest absolute Gasteiger partial charge is 0.369 e. The van der Waals surface area contributed by atoms with E-state index < -0.39 is 0 Å². The summed E-state index contributed by atoms with van der Waals surface area (Å²) < 4.78 is 0. The van der Waals surface area contributed by atoms with Crippen LogP contribution in [0.15, 0.2) is 12.3 Å². The summed E-state index contributed by atoms with van der Waals surface area (Å²) in [5.74, 6) is 0. The third kappa shape index (κ3) is 4.17. The monoisotopic (exact) mass is 290 g/mol. The Morgan fingerprint density at radius 1 is 1.24 bits per heavy atom. The van der Waals surface area contributed by atoms with Gasteiger partial charge in [-0.1, -0.05) is 13.8 Å². The van der Waals surface area contributed by atoms with Crippen molar-refractivity contribution in [2.24, 2.45) is 0 Å². The lowest BCUT2D eigenvalue weighted by Gasteiger charge is -2.39. The molecule has 1 N–H and O–H groups in total. The maximum Gasteiger partial charge on any atom is 0.0446 e. The summed E-state index contributed by atoms with van der Waals surface area (Å²) >= 11 is 0. The van der Waals surface area contributed by atoms with E-state index in [9.17, 15) is 0 Å². The van der Waals surface area contributed by atoms with Gasteiger partial charge in [0.25, 0.3) is 0 Å². The number of nitrogens with one attached hydrogen (secondary N) is 1. The second-order valence-corrected chi connectivity index (χ2v) is 6.02. The standard InChI is InChI=1S/C17H30N4/c1-5-15(4)20-7-9-21(10-8-20)17-11-14(3)19-13-16(17)12-18-6-2/h11,13,15,18H,5-10,12H2,1-4H3. The number of hydrogen-bond acceptors (Lipinski definition) is 4. The zero-order chi connectivity index (χ0) is 15.2. The average Bonchev–Trinajstić information content (AvgIpc) is 2.53. The molecule has 2 heterocycles. The van der Waals surface area contributed by atoms with Crippen molar-refractivity contribution in [3.63, 3.8) is 0 Å². The lowest BCUT2D eigenvalue weighted by molar-refractivity contribution is 0.192. The van der Waals surface area contributed by atoms with Gasteiger partial charge in [0.1, 0.15) is 0 Å². The van der Waals surface area contributed by atoms with Gasteiger partial charge < -0.3 is 10.2 Å². The van der Waals surface area contributed by atoms with E-state index in [1.807, 2.05) is 6.20 Å². The van der Waals surface area contributed by atoms with Crippen LogP contribution in [0.4, 0.5) is 5.69 Å². The molecule has 0 aliphatic carbocycles. The summed E-state index contributed by atoms with van der Waals surface area (Å²) in [6.45, 7) is 15.3. The molecule has 1 atom stereocenters. The maximum atomic E-state index is 4.47. The fraction of sp³-hybridized carbons (Fsp3) is 0.706. The summed E-state index contributed by atoms with van der Waals surface area (Å²) in [5.41, 5.74) is 3.79. The van der Waals surface area contributed by atoms with Crippen molar-refractivity contribution in [2.45, 2.75) is 46.7 Å². The smallest absolute Gasteiger partial charge is 0.0446 e.